The Bertz CT molecular complexity index is 1100. The Balaban J connectivity index is 1.68. The third-order valence-corrected chi connectivity index (χ3v) is 7.75. The fraction of sp³-hybridized carbons (Fsp3) is 0.483. The number of alkyl halides is 3. The van der Waals surface area contributed by atoms with Crippen LogP contribution in [-0.4, -0.2) is 28.7 Å². The van der Waals surface area contributed by atoms with Gasteiger partial charge in [0.2, 0.25) is 0 Å². The molecule has 2 aromatic carbocycles. The van der Waals surface area contributed by atoms with E-state index in [1.54, 1.807) is 6.07 Å². The smallest absolute Gasteiger partial charge is 0.312 e. The van der Waals surface area contributed by atoms with Crippen LogP contribution in [0.4, 0.5) is 13.2 Å². The molecule has 1 aliphatic heterocycles. The molecule has 35 heavy (non-hydrogen) atoms. The first-order valence-electron chi connectivity index (χ1n) is 12.3. The Kier molecular flexibility index (Phi) is 6.54. The molecule has 1 fully saturated rings. The average Bonchev–Trinajstić information content (AvgIpc) is 3.05. The van der Waals surface area contributed by atoms with Crippen molar-refractivity contribution >= 4 is 11.6 Å². The Morgan fingerprint density at radius 2 is 1.71 bits per heavy atom. The molecular formula is C29H34F3N2O+. The van der Waals surface area contributed by atoms with Crippen molar-refractivity contribution in [2.75, 3.05) is 6.54 Å². The van der Waals surface area contributed by atoms with E-state index in [9.17, 15) is 18.0 Å². The van der Waals surface area contributed by atoms with Gasteiger partial charge in [0.1, 0.15) is 16.9 Å². The minimum atomic E-state index is -4.48. The first kappa shape index (κ1) is 25.3. The fourth-order valence-electron chi connectivity index (χ4n) is 5.47. The Hall–Kier alpha value is -2.76. The van der Waals surface area contributed by atoms with Gasteiger partial charge in [-0.2, -0.15) is 13.2 Å². The molecule has 0 saturated heterocycles. The second-order valence-corrected chi connectivity index (χ2v) is 11.2. The van der Waals surface area contributed by atoms with Crippen LogP contribution in [0.15, 0.2) is 53.5 Å². The van der Waals surface area contributed by atoms with E-state index in [1.165, 1.54) is 6.07 Å². The summed E-state index contributed by atoms with van der Waals surface area (Å²) in [5.74, 6) is 0.284. The minimum absolute atomic E-state index is 0.0489. The molecule has 3 nitrogen and oxygen atoms in total. The molecule has 0 radical (unpaired) electrons. The Morgan fingerprint density at radius 1 is 1.09 bits per heavy atom. The van der Waals surface area contributed by atoms with Crippen LogP contribution < -0.4 is 0 Å². The van der Waals surface area contributed by atoms with E-state index in [2.05, 4.69) is 34.6 Å². The van der Waals surface area contributed by atoms with Gasteiger partial charge in [0.05, 0.1) is 5.56 Å². The number of amides is 1. The highest BCUT2D eigenvalue weighted by atomic mass is 19.4. The molecule has 186 valence electrons. The quantitative estimate of drug-likeness (QED) is 0.422. The van der Waals surface area contributed by atoms with Gasteiger partial charge in [-0.15, -0.1) is 0 Å². The van der Waals surface area contributed by atoms with Gasteiger partial charge >= 0.3 is 6.18 Å². The average molecular weight is 484 g/mol. The molecular weight excluding hydrogens is 449 g/mol. The topological polar surface area (TPSA) is 32.7 Å². The molecule has 1 spiro atoms. The second-order valence-electron chi connectivity index (χ2n) is 11.2. The predicted molar refractivity (Wildman–Crippen MR) is 133 cm³/mol. The normalized spacial score (nSPS) is 24.1. The van der Waals surface area contributed by atoms with Crippen LogP contribution in [0.1, 0.15) is 81.5 Å². The standard InChI is InChI=1S/C29H34F3N2O/c1-19-9-11-21(12-10-19)20(2)18-34-26(35)25(22-7-6-8-24(17-22)29(30,31)32)33-28(34)15-13-23(14-16-28)27(3,4)5/h6-12,17,20,23H,1,13-16,18H2,2-5H3/q+1. The maximum Gasteiger partial charge on any atom is 0.416 e. The van der Waals surface area contributed by atoms with E-state index in [1.807, 2.05) is 29.2 Å². The van der Waals surface area contributed by atoms with Gasteiger partial charge in [-0.25, -0.2) is 0 Å². The van der Waals surface area contributed by atoms with E-state index in [-0.39, 0.29) is 28.5 Å². The molecule has 1 atom stereocenters. The summed E-state index contributed by atoms with van der Waals surface area (Å²) in [6.07, 6.45) is -1.19. The monoisotopic (exact) mass is 483 g/mol. The number of benzene rings is 2. The molecule has 6 heteroatoms. The highest BCUT2D eigenvalue weighted by molar-refractivity contribution is 6.46. The molecule has 2 aliphatic rings. The van der Waals surface area contributed by atoms with Crippen molar-refractivity contribution in [2.45, 2.75) is 71.1 Å². The first-order valence-corrected chi connectivity index (χ1v) is 12.3. The summed E-state index contributed by atoms with van der Waals surface area (Å²) >= 11 is 0. The Morgan fingerprint density at radius 3 is 2.29 bits per heavy atom. The zero-order chi connectivity index (χ0) is 25.6. The second kappa shape index (κ2) is 9.03. The van der Waals surface area contributed by atoms with Gasteiger partial charge in [-0.1, -0.05) is 39.8 Å². The number of halogens is 3. The number of hydrogen-bond donors (Lipinski definition) is 0. The SMILES string of the molecule is [CH2+]c1ccc(C(C)CN2C(=O)C(c3cccc(C(F)(F)F)c3)=NC23CCC(C(C)(C)C)CC3)cc1. The van der Waals surface area contributed by atoms with Gasteiger partial charge in [0.15, 0.2) is 0 Å². The van der Waals surface area contributed by atoms with E-state index >= 15 is 0 Å². The predicted octanol–water partition coefficient (Wildman–Crippen LogP) is 7.26. The maximum absolute atomic E-state index is 13.7. The molecule has 0 bridgehead atoms. The molecule has 1 heterocycles. The number of hydrogen-bond acceptors (Lipinski definition) is 2. The van der Waals surface area contributed by atoms with Crippen molar-refractivity contribution in [3.05, 3.63) is 77.7 Å². The molecule has 1 saturated carbocycles. The minimum Gasteiger partial charge on any atom is -0.312 e. The van der Waals surface area contributed by atoms with Crippen molar-refractivity contribution < 1.29 is 18.0 Å². The fourth-order valence-corrected chi connectivity index (χ4v) is 5.47. The van der Waals surface area contributed by atoms with Crippen LogP contribution in [0.3, 0.4) is 0 Å². The number of aliphatic imine (C=N–C) groups is 1. The zero-order valence-corrected chi connectivity index (χ0v) is 21.0. The van der Waals surface area contributed by atoms with Crippen LogP contribution in [-0.2, 0) is 11.0 Å². The maximum atomic E-state index is 13.7. The molecule has 4 rings (SSSR count). The summed E-state index contributed by atoms with van der Waals surface area (Å²) in [6.45, 7) is 13.2. The molecule has 1 unspecified atom stereocenters. The van der Waals surface area contributed by atoms with Crippen molar-refractivity contribution in [1.82, 2.24) is 4.90 Å². The highest BCUT2D eigenvalue weighted by Gasteiger charge is 2.50. The summed E-state index contributed by atoms with van der Waals surface area (Å²) in [5, 5.41) is 0. The Labute approximate surface area is 206 Å². The molecule has 2 aromatic rings. The van der Waals surface area contributed by atoms with Crippen molar-refractivity contribution in [3.8, 4) is 0 Å². The van der Waals surface area contributed by atoms with Gasteiger partial charge in [-0.3, -0.25) is 9.79 Å². The summed E-state index contributed by atoms with van der Waals surface area (Å²) in [4.78, 5) is 20.5. The highest BCUT2D eigenvalue weighted by Crippen LogP contribution is 2.47. The van der Waals surface area contributed by atoms with Gasteiger partial charge in [0.25, 0.3) is 5.91 Å². The van der Waals surface area contributed by atoms with Crippen molar-refractivity contribution in [1.29, 1.82) is 0 Å². The zero-order valence-electron chi connectivity index (χ0n) is 21.0. The molecule has 0 aromatic heterocycles. The summed E-state index contributed by atoms with van der Waals surface area (Å²) in [6, 6.07) is 12.9. The molecule has 1 aliphatic carbocycles. The van der Waals surface area contributed by atoms with E-state index in [0.29, 0.717) is 25.3 Å². The lowest BCUT2D eigenvalue weighted by Gasteiger charge is -2.45. The van der Waals surface area contributed by atoms with Crippen molar-refractivity contribution in [2.24, 2.45) is 16.3 Å². The van der Waals surface area contributed by atoms with Crippen molar-refractivity contribution in [3.63, 3.8) is 0 Å². The molecule has 1 amide bonds. The van der Waals surface area contributed by atoms with E-state index in [0.717, 1.165) is 36.1 Å². The largest absolute Gasteiger partial charge is 0.416 e. The lowest BCUT2D eigenvalue weighted by Crippen LogP contribution is -2.51. The summed E-state index contributed by atoms with van der Waals surface area (Å²) < 4.78 is 40.1. The summed E-state index contributed by atoms with van der Waals surface area (Å²) in [5.41, 5.74) is 1.08. The number of nitrogens with zero attached hydrogens (tertiary/aromatic N) is 2. The van der Waals surface area contributed by atoms with Crippen LogP contribution in [0.25, 0.3) is 0 Å². The van der Waals surface area contributed by atoms with Crippen LogP contribution in [0.5, 0.6) is 0 Å². The first-order chi connectivity index (χ1) is 16.3. The van der Waals surface area contributed by atoms with Crippen LogP contribution in [0, 0.1) is 18.3 Å². The third kappa shape index (κ3) is 5.12. The lowest BCUT2D eigenvalue weighted by molar-refractivity contribution is -0.137. The van der Waals surface area contributed by atoms with E-state index in [4.69, 9.17) is 4.99 Å². The number of rotatable bonds is 4. The van der Waals surface area contributed by atoms with Gasteiger partial charge in [0, 0.05) is 37.1 Å². The van der Waals surface area contributed by atoms with Gasteiger partial charge in [-0.05, 0) is 66.8 Å². The number of carbonyl (C=O) groups is 1. The lowest BCUT2D eigenvalue weighted by atomic mass is 9.69. The van der Waals surface area contributed by atoms with E-state index < -0.39 is 17.4 Å². The third-order valence-electron chi connectivity index (χ3n) is 7.75. The number of carbonyl (C=O) groups excluding carboxylic acids is 1. The summed E-state index contributed by atoms with van der Waals surface area (Å²) in [7, 11) is 0. The molecule has 0 N–H and O–H groups in total. The van der Waals surface area contributed by atoms with Gasteiger partial charge < -0.3 is 4.90 Å². The van der Waals surface area contributed by atoms with Crippen LogP contribution >= 0.6 is 0 Å². The van der Waals surface area contributed by atoms with Crippen LogP contribution in [0.2, 0.25) is 0 Å².